The summed E-state index contributed by atoms with van der Waals surface area (Å²) in [4.78, 5) is 16.8. The van der Waals surface area contributed by atoms with Gasteiger partial charge in [0.1, 0.15) is 0 Å². The topological polar surface area (TPSA) is 42.0 Å². The molecule has 116 valence electrons. The van der Waals surface area contributed by atoms with Crippen LogP contribution in [0.15, 0.2) is 22.5 Å². The summed E-state index contributed by atoms with van der Waals surface area (Å²) in [6.45, 7) is 0. The number of rotatable bonds is 4. The van der Waals surface area contributed by atoms with Gasteiger partial charge in [0.25, 0.3) is 0 Å². The Kier molecular flexibility index (Phi) is 3.86. The van der Waals surface area contributed by atoms with Gasteiger partial charge in [0.2, 0.25) is 5.91 Å². The van der Waals surface area contributed by atoms with Crippen molar-refractivity contribution in [2.24, 2.45) is 17.8 Å². The largest absolute Gasteiger partial charge is 0.326 e. The Morgan fingerprint density at radius 1 is 1.41 bits per heavy atom. The number of hydrogen-bond donors (Lipinski definition) is 1. The van der Waals surface area contributed by atoms with Crippen LogP contribution >= 0.6 is 23.1 Å². The van der Waals surface area contributed by atoms with Crippen LogP contribution in [-0.4, -0.2) is 17.1 Å². The summed E-state index contributed by atoms with van der Waals surface area (Å²) in [5.41, 5.74) is 1.91. The highest BCUT2D eigenvalue weighted by molar-refractivity contribution is 8.00. The summed E-state index contributed by atoms with van der Waals surface area (Å²) in [7, 11) is 0. The number of hydrogen-bond acceptors (Lipinski definition) is 4. The molecular weight excluding hydrogens is 312 g/mol. The summed E-state index contributed by atoms with van der Waals surface area (Å²) in [5, 5.41) is 3.08. The Hall–Kier alpha value is -1.07. The molecule has 1 amide bonds. The number of amides is 1. The van der Waals surface area contributed by atoms with Crippen LogP contribution in [0.4, 0.5) is 5.69 Å². The van der Waals surface area contributed by atoms with Gasteiger partial charge >= 0.3 is 0 Å². The quantitative estimate of drug-likeness (QED) is 0.819. The standard InChI is InChI=1S/C17H20N2OS2/c1-21-17-19-14-5-4-13(9-15(14)22-17)18-16(20)8-12-7-10-2-3-11(12)6-10/h4-5,9-12H,2-3,6-8H2,1H3,(H,18,20)/t10-,11+,12-/m0/s1. The lowest BCUT2D eigenvalue weighted by atomic mass is 9.86. The third kappa shape index (κ3) is 2.76. The lowest BCUT2D eigenvalue weighted by molar-refractivity contribution is -0.117. The Morgan fingerprint density at radius 3 is 3.05 bits per heavy atom. The molecule has 3 nitrogen and oxygen atoms in total. The smallest absolute Gasteiger partial charge is 0.224 e. The maximum atomic E-state index is 12.3. The molecule has 1 aromatic carbocycles. The van der Waals surface area contributed by atoms with Crippen LogP contribution in [0.5, 0.6) is 0 Å². The second-order valence-corrected chi connectivity index (χ2v) is 8.64. The van der Waals surface area contributed by atoms with Crippen LogP contribution in [0.2, 0.25) is 0 Å². The number of thioether (sulfide) groups is 1. The Labute approximate surface area is 138 Å². The molecule has 0 aliphatic heterocycles. The van der Waals surface area contributed by atoms with Gasteiger partial charge in [0.05, 0.1) is 10.2 Å². The molecule has 4 rings (SSSR count). The van der Waals surface area contributed by atoms with Gasteiger partial charge in [0, 0.05) is 12.1 Å². The van der Waals surface area contributed by atoms with E-state index < -0.39 is 0 Å². The van der Waals surface area contributed by atoms with Gasteiger partial charge < -0.3 is 5.32 Å². The summed E-state index contributed by atoms with van der Waals surface area (Å²) in [5.74, 6) is 2.51. The van der Waals surface area contributed by atoms with E-state index in [9.17, 15) is 4.79 Å². The van der Waals surface area contributed by atoms with Crippen molar-refractivity contribution < 1.29 is 4.79 Å². The first-order valence-corrected chi connectivity index (χ1v) is 10.00. The minimum Gasteiger partial charge on any atom is -0.326 e. The van der Waals surface area contributed by atoms with Gasteiger partial charge in [-0.25, -0.2) is 4.98 Å². The molecule has 2 fully saturated rings. The Balaban J connectivity index is 1.42. The molecular formula is C17H20N2OS2. The van der Waals surface area contributed by atoms with Gasteiger partial charge in [-0.1, -0.05) is 18.2 Å². The van der Waals surface area contributed by atoms with E-state index in [2.05, 4.69) is 10.3 Å². The van der Waals surface area contributed by atoms with Crippen molar-refractivity contribution in [3.63, 3.8) is 0 Å². The number of fused-ring (bicyclic) bond motifs is 3. The van der Waals surface area contributed by atoms with Crippen molar-refractivity contribution in [2.45, 2.75) is 36.4 Å². The molecule has 3 atom stereocenters. The maximum Gasteiger partial charge on any atom is 0.224 e. The minimum atomic E-state index is 0.173. The third-order valence-corrected chi connectivity index (χ3v) is 7.16. The van der Waals surface area contributed by atoms with Gasteiger partial charge in [-0.3, -0.25) is 4.79 Å². The predicted molar refractivity (Wildman–Crippen MR) is 93.6 cm³/mol. The molecule has 2 aliphatic rings. The van der Waals surface area contributed by atoms with Crippen LogP contribution in [0.1, 0.15) is 32.1 Å². The van der Waals surface area contributed by atoms with Crippen molar-refractivity contribution in [3.8, 4) is 0 Å². The molecule has 0 saturated heterocycles. The molecule has 0 unspecified atom stereocenters. The third-order valence-electron chi connectivity index (χ3n) is 5.16. The van der Waals surface area contributed by atoms with E-state index in [4.69, 9.17) is 0 Å². The van der Waals surface area contributed by atoms with Crippen LogP contribution in [0.3, 0.4) is 0 Å². The predicted octanol–water partition coefficient (Wildman–Crippen LogP) is 4.78. The van der Waals surface area contributed by atoms with E-state index in [0.717, 1.165) is 32.1 Å². The normalized spacial score (nSPS) is 26.7. The first-order chi connectivity index (χ1) is 10.7. The highest BCUT2D eigenvalue weighted by atomic mass is 32.2. The zero-order valence-corrected chi connectivity index (χ0v) is 14.3. The number of nitrogens with one attached hydrogen (secondary N) is 1. The van der Waals surface area contributed by atoms with Gasteiger partial charge in [-0.15, -0.1) is 11.3 Å². The number of benzene rings is 1. The van der Waals surface area contributed by atoms with Crippen molar-refractivity contribution in [1.82, 2.24) is 4.98 Å². The average molecular weight is 332 g/mol. The van der Waals surface area contributed by atoms with Gasteiger partial charge in [-0.2, -0.15) is 0 Å². The number of carbonyl (C=O) groups is 1. The summed E-state index contributed by atoms with van der Waals surface area (Å²) in [6.07, 6.45) is 8.09. The highest BCUT2D eigenvalue weighted by Crippen LogP contribution is 2.49. The molecule has 0 radical (unpaired) electrons. The monoisotopic (exact) mass is 332 g/mol. The zero-order chi connectivity index (χ0) is 15.1. The molecule has 2 bridgehead atoms. The van der Waals surface area contributed by atoms with Crippen molar-refractivity contribution in [1.29, 1.82) is 0 Å². The van der Waals surface area contributed by atoms with Crippen molar-refractivity contribution in [3.05, 3.63) is 18.2 Å². The summed E-state index contributed by atoms with van der Waals surface area (Å²) in [6, 6.07) is 6.01. The molecule has 1 aromatic heterocycles. The lowest BCUT2D eigenvalue weighted by Gasteiger charge is -2.20. The van der Waals surface area contributed by atoms with Crippen LogP contribution in [0, 0.1) is 17.8 Å². The van der Waals surface area contributed by atoms with E-state index in [1.54, 1.807) is 23.1 Å². The molecule has 2 saturated carbocycles. The highest BCUT2D eigenvalue weighted by Gasteiger charge is 2.40. The number of thiazole rings is 1. The molecule has 1 heterocycles. The van der Waals surface area contributed by atoms with Crippen LogP contribution in [-0.2, 0) is 4.79 Å². The minimum absolute atomic E-state index is 0.173. The van der Waals surface area contributed by atoms with Crippen LogP contribution < -0.4 is 5.32 Å². The zero-order valence-electron chi connectivity index (χ0n) is 12.7. The average Bonchev–Trinajstić information content (AvgIpc) is 3.20. The summed E-state index contributed by atoms with van der Waals surface area (Å²) < 4.78 is 2.21. The lowest BCUT2D eigenvalue weighted by Crippen LogP contribution is -2.20. The first kappa shape index (κ1) is 14.5. The van der Waals surface area contributed by atoms with E-state index in [1.165, 1.54) is 25.7 Å². The van der Waals surface area contributed by atoms with Crippen LogP contribution in [0.25, 0.3) is 10.2 Å². The number of carbonyl (C=O) groups excluding carboxylic acids is 1. The molecule has 2 aromatic rings. The molecule has 22 heavy (non-hydrogen) atoms. The molecule has 1 N–H and O–H groups in total. The van der Waals surface area contributed by atoms with E-state index in [1.807, 2.05) is 24.5 Å². The number of nitrogens with zero attached hydrogens (tertiary/aromatic N) is 1. The fraction of sp³-hybridized carbons (Fsp3) is 0.529. The summed E-state index contributed by atoms with van der Waals surface area (Å²) >= 11 is 3.34. The Bertz CT molecular complexity index is 712. The van der Waals surface area contributed by atoms with E-state index in [0.29, 0.717) is 12.3 Å². The van der Waals surface area contributed by atoms with E-state index >= 15 is 0 Å². The molecule has 0 spiro atoms. The Morgan fingerprint density at radius 2 is 2.32 bits per heavy atom. The second kappa shape index (κ2) is 5.85. The number of anilines is 1. The van der Waals surface area contributed by atoms with Gasteiger partial charge in [-0.05, 0) is 61.5 Å². The first-order valence-electron chi connectivity index (χ1n) is 7.95. The fourth-order valence-corrected chi connectivity index (χ4v) is 5.67. The second-order valence-electron chi connectivity index (χ2n) is 6.55. The molecule has 5 heteroatoms. The van der Waals surface area contributed by atoms with E-state index in [-0.39, 0.29) is 5.91 Å². The van der Waals surface area contributed by atoms with Crippen molar-refractivity contribution >= 4 is 44.9 Å². The molecule has 2 aliphatic carbocycles. The number of aromatic nitrogens is 1. The fourth-order valence-electron chi connectivity index (χ4n) is 4.15. The van der Waals surface area contributed by atoms with Crippen molar-refractivity contribution in [2.75, 3.05) is 11.6 Å². The maximum absolute atomic E-state index is 12.3. The SMILES string of the molecule is CSc1nc2ccc(NC(=O)C[C@@H]3C[C@H]4CC[C@@H]3C4)cc2s1. The van der Waals surface area contributed by atoms with Gasteiger partial charge in [0.15, 0.2) is 4.34 Å².